The Labute approximate surface area is 180 Å². The quantitative estimate of drug-likeness (QED) is 0.759. The second-order valence-corrected chi connectivity index (χ2v) is 8.49. The second kappa shape index (κ2) is 8.24. The van der Waals surface area contributed by atoms with Crippen molar-refractivity contribution in [2.75, 3.05) is 24.5 Å². The van der Waals surface area contributed by atoms with Crippen molar-refractivity contribution in [3.8, 4) is 0 Å². The van der Waals surface area contributed by atoms with E-state index < -0.39 is 5.97 Å². The Bertz CT molecular complexity index is 959. The average molecular weight is 429 g/mol. The summed E-state index contributed by atoms with van der Waals surface area (Å²) in [6, 6.07) is 11.1. The molecule has 1 aliphatic heterocycles. The van der Waals surface area contributed by atoms with Gasteiger partial charge in [-0.1, -0.05) is 23.7 Å². The second-order valence-electron chi connectivity index (χ2n) is 8.06. The maximum atomic E-state index is 13.1. The van der Waals surface area contributed by atoms with Crippen molar-refractivity contribution in [1.82, 2.24) is 9.88 Å². The summed E-state index contributed by atoms with van der Waals surface area (Å²) in [5.41, 5.74) is 7.77. The van der Waals surface area contributed by atoms with Crippen molar-refractivity contribution in [3.05, 3.63) is 58.9 Å². The van der Waals surface area contributed by atoms with Crippen molar-refractivity contribution in [1.29, 1.82) is 0 Å². The summed E-state index contributed by atoms with van der Waals surface area (Å²) in [6.45, 7) is 1.71. The van der Waals surface area contributed by atoms with Crippen LogP contribution in [0, 0.1) is 0 Å². The predicted molar refractivity (Wildman–Crippen MR) is 115 cm³/mol. The van der Waals surface area contributed by atoms with Gasteiger partial charge in [0.15, 0.2) is 0 Å². The number of carbonyl (C=O) groups excluding carboxylic acids is 1. The first-order valence-corrected chi connectivity index (χ1v) is 10.5. The Morgan fingerprint density at radius 2 is 2.00 bits per heavy atom. The number of urea groups is 1. The highest BCUT2D eigenvalue weighted by Gasteiger charge is 2.41. The molecule has 0 bridgehead atoms. The number of nitrogens with zero attached hydrogens (tertiary/aromatic N) is 3. The van der Waals surface area contributed by atoms with E-state index in [9.17, 15) is 9.59 Å². The number of amides is 2. The van der Waals surface area contributed by atoms with E-state index in [0.29, 0.717) is 30.3 Å². The van der Waals surface area contributed by atoms with Crippen LogP contribution in [0.25, 0.3) is 0 Å². The molecule has 1 aromatic carbocycles. The normalized spacial score (nSPS) is 24.3. The van der Waals surface area contributed by atoms with Crippen LogP contribution in [0.2, 0.25) is 5.02 Å². The molecule has 0 radical (unpaired) electrons. The third-order valence-corrected chi connectivity index (χ3v) is 6.73. The van der Waals surface area contributed by atoms with Crippen molar-refractivity contribution in [2.45, 2.75) is 37.1 Å². The summed E-state index contributed by atoms with van der Waals surface area (Å²) in [5.74, 6) is -1.10. The first-order valence-electron chi connectivity index (χ1n) is 10.2. The van der Waals surface area contributed by atoms with Gasteiger partial charge in [-0.25, -0.2) is 14.6 Å². The van der Waals surface area contributed by atoms with Crippen molar-refractivity contribution in [2.24, 2.45) is 5.73 Å². The molecule has 0 spiro atoms. The van der Waals surface area contributed by atoms with Gasteiger partial charge in [0, 0.05) is 48.0 Å². The Balaban J connectivity index is 1.46. The number of rotatable bonds is 5. The maximum absolute atomic E-state index is 13.1. The lowest BCUT2D eigenvalue weighted by atomic mass is 9.68. The molecule has 1 aliphatic carbocycles. The lowest BCUT2D eigenvalue weighted by molar-refractivity contribution is 0.0690. The van der Waals surface area contributed by atoms with Crippen molar-refractivity contribution in [3.63, 3.8) is 0 Å². The molecule has 1 saturated carbocycles. The Morgan fingerprint density at radius 1 is 1.23 bits per heavy atom. The van der Waals surface area contributed by atoms with Crippen LogP contribution in [-0.4, -0.2) is 52.7 Å². The minimum atomic E-state index is -1.10. The van der Waals surface area contributed by atoms with Gasteiger partial charge in [0.2, 0.25) is 0 Å². The molecular formula is C22H25ClN4O3. The van der Waals surface area contributed by atoms with E-state index in [2.05, 4.69) is 11.1 Å². The first kappa shape index (κ1) is 20.6. The summed E-state index contributed by atoms with van der Waals surface area (Å²) in [7, 11) is 0. The number of hydrogen-bond acceptors (Lipinski definition) is 4. The number of hydrogen-bond donors (Lipinski definition) is 2. The van der Waals surface area contributed by atoms with Crippen LogP contribution in [0.3, 0.4) is 0 Å². The van der Waals surface area contributed by atoms with Gasteiger partial charge in [-0.15, -0.1) is 0 Å². The molecular weight excluding hydrogens is 404 g/mol. The molecule has 2 fully saturated rings. The van der Waals surface area contributed by atoms with Crippen molar-refractivity contribution < 1.29 is 14.7 Å². The van der Waals surface area contributed by atoms with E-state index >= 15 is 0 Å². The number of aromatic nitrogens is 1. The highest BCUT2D eigenvalue weighted by Crippen LogP contribution is 2.41. The molecule has 0 unspecified atom stereocenters. The number of anilines is 1. The summed E-state index contributed by atoms with van der Waals surface area (Å²) in [5, 5.41) is 9.88. The molecule has 2 heterocycles. The molecule has 4 rings (SSSR count). The largest absolute Gasteiger partial charge is 0.477 e. The number of pyridine rings is 1. The van der Waals surface area contributed by atoms with Crippen LogP contribution in [0.4, 0.5) is 10.5 Å². The zero-order chi connectivity index (χ0) is 21.3. The van der Waals surface area contributed by atoms with Gasteiger partial charge >= 0.3 is 12.0 Å². The number of carboxylic acid groups (broad SMARTS) is 1. The van der Waals surface area contributed by atoms with E-state index in [1.165, 1.54) is 17.8 Å². The van der Waals surface area contributed by atoms with E-state index in [4.69, 9.17) is 22.4 Å². The minimum absolute atomic E-state index is 0.0642. The van der Waals surface area contributed by atoms with Crippen LogP contribution in [0.5, 0.6) is 0 Å². The van der Waals surface area contributed by atoms with Crippen LogP contribution in [0.1, 0.15) is 41.7 Å². The Hall–Kier alpha value is -2.64. The number of halogens is 1. The zero-order valence-corrected chi connectivity index (χ0v) is 17.4. The summed E-state index contributed by atoms with van der Waals surface area (Å²) in [6.07, 6.45) is 4.98. The van der Waals surface area contributed by atoms with Crippen LogP contribution >= 0.6 is 11.6 Å². The van der Waals surface area contributed by atoms with E-state index in [0.717, 1.165) is 25.7 Å². The smallest absolute Gasteiger partial charge is 0.354 e. The summed E-state index contributed by atoms with van der Waals surface area (Å²) in [4.78, 5) is 31.7. The summed E-state index contributed by atoms with van der Waals surface area (Å²) >= 11 is 6.20. The molecule has 1 saturated heterocycles. The molecule has 7 nitrogen and oxygen atoms in total. The fraction of sp³-hybridized carbons (Fsp3) is 0.409. The average Bonchev–Trinajstić information content (AvgIpc) is 3.15. The molecule has 30 heavy (non-hydrogen) atoms. The molecule has 1 aromatic heterocycles. The third kappa shape index (κ3) is 3.75. The van der Waals surface area contributed by atoms with Crippen molar-refractivity contribution >= 4 is 29.3 Å². The maximum Gasteiger partial charge on any atom is 0.354 e. The minimum Gasteiger partial charge on any atom is -0.477 e. The Kier molecular flexibility index (Phi) is 5.66. The van der Waals surface area contributed by atoms with Gasteiger partial charge in [-0.3, -0.25) is 4.90 Å². The highest BCUT2D eigenvalue weighted by molar-refractivity contribution is 6.30. The zero-order valence-electron chi connectivity index (χ0n) is 16.6. The molecule has 2 aromatic rings. The predicted octanol–water partition coefficient (Wildman–Crippen LogP) is 3.51. The number of benzene rings is 1. The molecule has 2 aliphatic rings. The molecule has 3 N–H and O–H groups in total. The lowest BCUT2D eigenvalue weighted by Gasteiger charge is -2.42. The number of nitrogens with two attached hydrogens (primary N) is 1. The molecule has 8 heteroatoms. The fourth-order valence-corrected chi connectivity index (χ4v) is 4.92. The van der Waals surface area contributed by atoms with E-state index in [1.54, 1.807) is 11.0 Å². The molecule has 0 atom stereocenters. The van der Waals surface area contributed by atoms with E-state index in [1.807, 2.05) is 23.1 Å². The SMILES string of the molecule is NC[C@]1(c2cccc(Cl)c2)CC[C@H](N2CCN(c3ccnc(C(=O)O)c3)C2=O)CC1. The van der Waals surface area contributed by atoms with Gasteiger partial charge < -0.3 is 15.7 Å². The van der Waals surface area contributed by atoms with Crippen LogP contribution in [0.15, 0.2) is 42.6 Å². The van der Waals surface area contributed by atoms with Gasteiger partial charge in [0.1, 0.15) is 5.69 Å². The van der Waals surface area contributed by atoms with Crippen LogP contribution in [-0.2, 0) is 5.41 Å². The van der Waals surface area contributed by atoms with Gasteiger partial charge in [0.25, 0.3) is 0 Å². The summed E-state index contributed by atoms with van der Waals surface area (Å²) < 4.78 is 0. The van der Waals surface area contributed by atoms with Gasteiger partial charge in [0.05, 0.1) is 0 Å². The van der Waals surface area contributed by atoms with E-state index in [-0.39, 0.29) is 23.2 Å². The monoisotopic (exact) mass is 428 g/mol. The van der Waals surface area contributed by atoms with Gasteiger partial charge in [-0.05, 0) is 55.5 Å². The number of aromatic carboxylic acids is 1. The lowest BCUT2D eigenvalue weighted by Crippen LogP contribution is -2.46. The standard InChI is InChI=1S/C22H25ClN4O3/c23-16-3-1-2-15(12-16)22(14-24)7-4-17(5-8-22)26-10-11-27(21(26)30)18-6-9-25-19(13-18)20(28)29/h1-3,6,9,12-13,17H,4-5,7-8,10-11,14,24H2,(H,28,29)/t17-,22-. The molecule has 158 valence electrons. The highest BCUT2D eigenvalue weighted by atomic mass is 35.5. The molecule has 2 amide bonds. The first-order chi connectivity index (χ1) is 14.4. The topological polar surface area (TPSA) is 99.8 Å². The third-order valence-electron chi connectivity index (χ3n) is 6.50. The fourth-order valence-electron chi connectivity index (χ4n) is 4.73. The number of carbonyl (C=O) groups is 2. The van der Waals surface area contributed by atoms with Gasteiger partial charge in [-0.2, -0.15) is 0 Å². The van der Waals surface area contributed by atoms with Crippen LogP contribution < -0.4 is 10.6 Å². The number of carboxylic acids is 1. The Morgan fingerprint density at radius 3 is 2.67 bits per heavy atom.